The zero-order valence-corrected chi connectivity index (χ0v) is 15.4. The molecule has 1 atom stereocenters. The number of nitrogens with zero attached hydrogens (tertiary/aromatic N) is 3. The summed E-state index contributed by atoms with van der Waals surface area (Å²) in [4.78, 5) is 7.01. The van der Waals surface area contributed by atoms with Crippen molar-refractivity contribution in [3.8, 4) is 5.75 Å². The van der Waals surface area contributed by atoms with Crippen molar-refractivity contribution >= 4 is 0 Å². The number of likely N-dealkylation sites (N-methyl/N-ethyl adjacent to an activating group) is 1. The lowest BCUT2D eigenvalue weighted by Gasteiger charge is -2.39. The minimum atomic E-state index is 0.263. The number of hydrogen-bond acceptors (Lipinski definition) is 5. The summed E-state index contributed by atoms with van der Waals surface area (Å²) >= 11 is 0. The van der Waals surface area contributed by atoms with Crippen LogP contribution in [-0.2, 0) is 6.54 Å². The Morgan fingerprint density at radius 2 is 2.12 bits per heavy atom. The van der Waals surface area contributed by atoms with Crippen LogP contribution in [-0.4, -0.2) is 86.4 Å². The third-order valence-corrected chi connectivity index (χ3v) is 4.65. The van der Waals surface area contributed by atoms with Crippen molar-refractivity contribution in [1.82, 2.24) is 14.7 Å². The van der Waals surface area contributed by atoms with Gasteiger partial charge in [-0.05, 0) is 51.7 Å². The molecule has 0 spiro atoms. The molecule has 0 amide bonds. The topological polar surface area (TPSA) is 39.2 Å². The third kappa shape index (κ3) is 6.40. The zero-order valence-electron chi connectivity index (χ0n) is 15.4. The molecule has 1 fully saturated rings. The Bertz CT molecular complexity index is 481. The van der Waals surface area contributed by atoms with Crippen molar-refractivity contribution in [3.05, 3.63) is 29.8 Å². The fourth-order valence-electron chi connectivity index (χ4n) is 3.18. The monoisotopic (exact) mass is 335 g/mol. The average Bonchev–Trinajstić information content (AvgIpc) is 2.55. The van der Waals surface area contributed by atoms with E-state index in [0.29, 0.717) is 6.04 Å². The molecule has 1 aromatic carbocycles. The van der Waals surface area contributed by atoms with Crippen molar-refractivity contribution in [1.29, 1.82) is 0 Å². The van der Waals surface area contributed by atoms with Gasteiger partial charge in [0, 0.05) is 45.4 Å². The first-order valence-electron chi connectivity index (χ1n) is 8.98. The van der Waals surface area contributed by atoms with E-state index in [4.69, 9.17) is 4.74 Å². The van der Waals surface area contributed by atoms with Crippen LogP contribution in [0.2, 0.25) is 0 Å². The Morgan fingerprint density at radius 3 is 2.88 bits per heavy atom. The van der Waals surface area contributed by atoms with Gasteiger partial charge in [0.2, 0.25) is 0 Å². The van der Waals surface area contributed by atoms with Crippen LogP contribution < -0.4 is 4.74 Å². The lowest BCUT2D eigenvalue weighted by Crippen LogP contribution is -2.51. The first-order valence-corrected chi connectivity index (χ1v) is 8.98. The van der Waals surface area contributed by atoms with E-state index < -0.39 is 0 Å². The highest BCUT2D eigenvalue weighted by Crippen LogP contribution is 2.18. The van der Waals surface area contributed by atoms with Crippen molar-refractivity contribution < 1.29 is 9.84 Å². The van der Waals surface area contributed by atoms with Gasteiger partial charge in [-0.1, -0.05) is 12.1 Å². The van der Waals surface area contributed by atoms with E-state index in [9.17, 15) is 5.11 Å². The van der Waals surface area contributed by atoms with Crippen LogP contribution in [0.5, 0.6) is 5.75 Å². The predicted molar refractivity (Wildman–Crippen MR) is 98.5 cm³/mol. The number of aliphatic hydroxyl groups is 1. The summed E-state index contributed by atoms with van der Waals surface area (Å²) in [7, 11) is 6.32. The lowest BCUT2D eigenvalue weighted by atomic mass is 10.1. The van der Waals surface area contributed by atoms with Crippen molar-refractivity contribution in [2.75, 3.05) is 60.5 Å². The lowest BCUT2D eigenvalue weighted by molar-refractivity contribution is 0.0742. The molecule has 2 rings (SSSR count). The number of aliphatic hydroxyl groups excluding tert-OH is 1. The van der Waals surface area contributed by atoms with Crippen LogP contribution in [0, 0.1) is 0 Å². The van der Waals surface area contributed by atoms with Gasteiger partial charge in [-0.3, -0.25) is 4.90 Å². The zero-order chi connectivity index (χ0) is 17.4. The maximum atomic E-state index is 9.22. The highest BCUT2D eigenvalue weighted by Gasteiger charge is 2.23. The molecule has 1 aromatic rings. The first-order chi connectivity index (χ1) is 11.6. The smallest absolute Gasteiger partial charge is 0.119 e. The van der Waals surface area contributed by atoms with Crippen LogP contribution in [0.4, 0.5) is 0 Å². The van der Waals surface area contributed by atoms with Gasteiger partial charge in [0.05, 0.1) is 6.61 Å². The summed E-state index contributed by atoms with van der Waals surface area (Å²) < 4.78 is 5.88. The van der Waals surface area contributed by atoms with Crippen molar-refractivity contribution in [2.24, 2.45) is 0 Å². The van der Waals surface area contributed by atoms with Gasteiger partial charge in [0.25, 0.3) is 0 Å². The number of ether oxygens (including phenoxy) is 1. The molecule has 136 valence electrons. The standard InChI is InChI=1S/C19H33N3O2/c1-20(2)9-5-13-24-19-7-4-6-17(14-19)15-22-11-10-21(3)18(16-22)8-12-23/h4,6-7,14,18,23H,5,8-13,15-16H2,1-3H3/t18-/m1/s1. The summed E-state index contributed by atoms with van der Waals surface area (Å²) in [5, 5.41) is 9.22. The second-order valence-corrected chi connectivity index (χ2v) is 7.03. The Balaban J connectivity index is 1.83. The Labute approximate surface area is 146 Å². The number of piperazine rings is 1. The second kappa shape index (κ2) is 9.99. The van der Waals surface area contributed by atoms with E-state index >= 15 is 0 Å². The number of hydrogen-bond donors (Lipinski definition) is 1. The maximum absolute atomic E-state index is 9.22. The highest BCUT2D eigenvalue weighted by atomic mass is 16.5. The van der Waals surface area contributed by atoms with E-state index in [1.807, 2.05) is 6.07 Å². The fourth-order valence-corrected chi connectivity index (χ4v) is 3.18. The summed E-state index contributed by atoms with van der Waals surface area (Å²) in [6.07, 6.45) is 1.89. The van der Waals surface area contributed by atoms with Gasteiger partial charge in [-0.2, -0.15) is 0 Å². The predicted octanol–water partition coefficient (Wildman–Crippen LogP) is 1.52. The molecule has 0 bridgehead atoms. The normalized spacial score (nSPS) is 19.8. The van der Waals surface area contributed by atoms with E-state index in [1.165, 1.54) is 5.56 Å². The Hall–Kier alpha value is -1.14. The molecule has 0 aliphatic carbocycles. The molecule has 1 N–H and O–H groups in total. The molecule has 24 heavy (non-hydrogen) atoms. The number of rotatable bonds is 9. The molecule has 0 unspecified atom stereocenters. The summed E-state index contributed by atoms with van der Waals surface area (Å²) in [6.45, 7) is 6.18. The Kier molecular flexibility index (Phi) is 7.99. The summed E-state index contributed by atoms with van der Waals surface area (Å²) in [6, 6.07) is 8.91. The molecule has 0 saturated carbocycles. The largest absolute Gasteiger partial charge is 0.494 e. The van der Waals surface area contributed by atoms with Crippen LogP contribution in [0.3, 0.4) is 0 Å². The maximum Gasteiger partial charge on any atom is 0.119 e. The van der Waals surface area contributed by atoms with Crippen molar-refractivity contribution in [2.45, 2.75) is 25.4 Å². The molecule has 1 heterocycles. The average molecular weight is 335 g/mol. The third-order valence-electron chi connectivity index (χ3n) is 4.65. The van der Waals surface area contributed by atoms with E-state index in [-0.39, 0.29) is 6.61 Å². The summed E-state index contributed by atoms with van der Waals surface area (Å²) in [5.41, 5.74) is 1.30. The van der Waals surface area contributed by atoms with Crippen LogP contribution >= 0.6 is 0 Å². The highest BCUT2D eigenvalue weighted by molar-refractivity contribution is 5.28. The first kappa shape index (κ1) is 19.2. The number of benzene rings is 1. The Morgan fingerprint density at radius 1 is 1.29 bits per heavy atom. The molecule has 1 saturated heterocycles. The fraction of sp³-hybridized carbons (Fsp3) is 0.684. The van der Waals surface area contributed by atoms with E-state index in [2.05, 4.69) is 54.0 Å². The van der Waals surface area contributed by atoms with Crippen LogP contribution in [0.1, 0.15) is 18.4 Å². The molecule has 0 radical (unpaired) electrons. The van der Waals surface area contributed by atoms with Gasteiger partial charge in [-0.25, -0.2) is 0 Å². The minimum absolute atomic E-state index is 0.263. The molecule has 1 aliphatic rings. The van der Waals surface area contributed by atoms with E-state index in [1.54, 1.807) is 0 Å². The van der Waals surface area contributed by atoms with Gasteiger partial charge in [0.1, 0.15) is 5.75 Å². The SMILES string of the molecule is CN(C)CCCOc1cccc(CN2CCN(C)[C@H](CCO)C2)c1. The molecule has 0 aromatic heterocycles. The van der Waals surface area contributed by atoms with Gasteiger partial charge in [0.15, 0.2) is 0 Å². The van der Waals surface area contributed by atoms with Crippen LogP contribution in [0.25, 0.3) is 0 Å². The summed E-state index contributed by atoms with van der Waals surface area (Å²) in [5.74, 6) is 0.965. The molecule has 1 aliphatic heterocycles. The van der Waals surface area contributed by atoms with Crippen molar-refractivity contribution in [3.63, 3.8) is 0 Å². The molecular weight excluding hydrogens is 302 g/mol. The minimum Gasteiger partial charge on any atom is -0.494 e. The van der Waals surface area contributed by atoms with Gasteiger partial charge < -0.3 is 19.6 Å². The quantitative estimate of drug-likeness (QED) is 0.693. The van der Waals surface area contributed by atoms with E-state index in [0.717, 1.165) is 57.9 Å². The van der Waals surface area contributed by atoms with Gasteiger partial charge >= 0.3 is 0 Å². The molecule has 5 heteroatoms. The second-order valence-electron chi connectivity index (χ2n) is 7.03. The molecule has 5 nitrogen and oxygen atoms in total. The van der Waals surface area contributed by atoms with Crippen LogP contribution in [0.15, 0.2) is 24.3 Å². The molecular formula is C19H33N3O2. The van der Waals surface area contributed by atoms with Gasteiger partial charge in [-0.15, -0.1) is 0 Å².